The molecule has 0 unspecified atom stereocenters. The van der Waals surface area contributed by atoms with Crippen LogP contribution in [0.4, 0.5) is 0 Å². The standard InChI is InChI=1S/C21H18ClN5O2/c22-14-1-2-17-15(11-14)16-12-27(10-7-18(16)24-17)20(28)4-3-19-25-21(26-29-19)13-5-8-23-9-6-13/h1-2,5-6,8-9,11,24H,3-4,7,10,12H2. The van der Waals surface area contributed by atoms with Crippen molar-refractivity contribution in [3.05, 3.63) is 64.9 Å². The zero-order valence-corrected chi connectivity index (χ0v) is 16.3. The molecule has 29 heavy (non-hydrogen) atoms. The number of H-pyrrole nitrogens is 1. The van der Waals surface area contributed by atoms with Gasteiger partial charge in [0.05, 0.1) is 0 Å². The molecule has 5 rings (SSSR count). The lowest BCUT2D eigenvalue weighted by atomic mass is 10.0. The van der Waals surface area contributed by atoms with E-state index < -0.39 is 0 Å². The summed E-state index contributed by atoms with van der Waals surface area (Å²) in [6.45, 7) is 1.28. The lowest BCUT2D eigenvalue weighted by Gasteiger charge is -2.27. The summed E-state index contributed by atoms with van der Waals surface area (Å²) < 4.78 is 5.30. The van der Waals surface area contributed by atoms with Crippen LogP contribution < -0.4 is 0 Å². The van der Waals surface area contributed by atoms with Crippen molar-refractivity contribution in [2.45, 2.75) is 25.8 Å². The number of carbonyl (C=O) groups excluding carboxylic acids is 1. The Morgan fingerprint density at radius 1 is 1.24 bits per heavy atom. The highest BCUT2D eigenvalue weighted by Crippen LogP contribution is 2.30. The van der Waals surface area contributed by atoms with E-state index in [1.54, 1.807) is 12.4 Å². The van der Waals surface area contributed by atoms with Crippen molar-refractivity contribution < 1.29 is 9.32 Å². The van der Waals surface area contributed by atoms with Gasteiger partial charge >= 0.3 is 0 Å². The second-order valence-electron chi connectivity index (χ2n) is 7.08. The van der Waals surface area contributed by atoms with E-state index in [-0.39, 0.29) is 5.91 Å². The van der Waals surface area contributed by atoms with Gasteiger partial charge in [0.15, 0.2) is 0 Å². The van der Waals surface area contributed by atoms with Crippen LogP contribution in [0.5, 0.6) is 0 Å². The number of nitrogens with one attached hydrogen (secondary N) is 1. The van der Waals surface area contributed by atoms with E-state index in [1.165, 1.54) is 5.69 Å². The van der Waals surface area contributed by atoms with Crippen molar-refractivity contribution >= 4 is 28.4 Å². The zero-order valence-electron chi connectivity index (χ0n) is 15.6. The predicted octanol–water partition coefficient (Wildman–Crippen LogP) is 3.78. The number of benzene rings is 1. The van der Waals surface area contributed by atoms with Gasteiger partial charge in [-0.3, -0.25) is 9.78 Å². The maximum absolute atomic E-state index is 12.8. The van der Waals surface area contributed by atoms with E-state index in [9.17, 15) is 4.79 Å². The fourth-order valence-electron chi connectivity index (χ4n) is 3.75. The Hall–Kier alpha value is -3.19. The fourth-order valence-corrected chi connectivity index (χ4v) is 3.92. The van der Waals surface area contributed by atoms with Gasteiger partial charge in [-0.15, -0.1) is 0 Å². The number of halogens is 1. The van der Waals surface area contributed by atoms with Crippen molar-refractivity contribution in [2.24, 2.45) is 0 Å². The summed E-state index contributed by atoms with van der Waals surface area (Å²) in [7, 11) is 0. The number of fused-ring (bicyclic) bond motifs is 3. The second kappa shape index (κ2) is 7.33. The van der Waals surface area contributed by atoms with E-state index in [4.69, 9.17) is 16.1 Å². The van der Waals surface area contributed by atoms with Gasteiger partial charge in [-0.1, -0.05) is 16.8 Å². The van der Waals surface area contributed by atoms with Crippen molar-refractivity contribution in [1.82, 2.24) is 25.0 Å². The first-order valence-corrected chi connectivity index (χ1v) is 9.85. The number of rotatable bonds is 4. The molecule has 146 valence electrons. The third-order valence-corrected chi connectivity index (χ3v) is 5.48. The molecule has 1 aliphatic rings. The van der Waals surface area contributed by atoms with E-state index in [2.05, 4.69) is 20.1 Å². The highest BCUT2D eigenvalue weighted by Gasteiger charge is 2.24. The highest BCUT2D eigenvalue weighted by atomic mass is 35.5. The largest absolute Gasteiger partial charge is 0.358 e. The lowest BCUT2D eigenvalue weighted by molar-refractivity contribution is -0.132. The molecule has 0 atom stereocenters. The van der Waals surface area contributed by atoms with Crippen molar-refractivity contribution in [3.63, 3.8) is 0 Å². The summed E-state index contributed by atoms with van der Waals surface area (Å²) in [5, 5.41) is 5.77. The summed E-state index contributed by atoms with van der Waals surface area (Å²) in [6.07, 6.45) is 4.91. The maximum atomic E-state index is 12.8. The van der Waals surface area contributed by atoms with E-state index in [0.29, 0.717) is 42.7 Å². The van der Waals surface area contributed by atoms with E-state index >= 15 is 0 Å². The summed E-state index contributed by atoms with van der Waals surface area (Å²) in [5.74, 6) is 1.05. The van der Waals surface area contributed by atoms with Crippen LogP contribution in [-0.4, -0.2) is 37.5 Å². The van der Waals surface area contributed by atoms with Gasteiger partial charge in [-0.25, -0.2) is 0 Å². The molecule has 3 aromatic heterocycles. The SMILES string of the molecule is O=C(CCc1nc(-c2ccncc2)no1)N1CCc2[nH]c3ccc(Cl)cc3c2C1. The summed E-state index contributed by atoms with van der Waals surface area (Å²) in [6, 6.07) is 9.45. The monoisotopic (exact) mass is 407 g/mol. The van der Waals surface area contributed by atoms with Gasteiger partial charge in [0.2, 0.25) is 17.6 Å². The molecule has 0 bridgehead atoms. The molecule has 7 nitrogen and oxygen atoms in total. The lowest BCUT2D eigenvalue weighted by Crippen LogP contribution is -2.35. The third-order valence-electron chi connectivity index (χ3n) is 5.25. The Bertz CT molecular complexity index is 1180. The summed E-state index contributed by atoms with van der Waals surface area (Å²) in [5.41, 5.74) is 4.23. The van der Waals surface area contributed by atoms with Crippen molar-refractivity contribution in [3.8, 4) is 11.4 Å². The van der Waals surface area contributed by atoms with Gasteiger partial charge in [0.25, 0.3) is 0 Å². The second-order valence-corrected chi connectivity index (χ2v) is 7.52. The topological polar surface area (TPSA) is 87.9 Å². The van der Waals surface area contributed by atoms with Crippen LogP contribution in [-0.2, 0) is 24.2 Å². The molecule has 1 aliphatic heterocycles. The zero-order chi connectivity index (χ0) is 19.8. The Balaban J connectivity index is 1.26. The summed E-state index contributed by atoms with van der Waals surface area (Å²) >= 11 is 6.16. The predicted molar refractivity (Wildman–Crippen MR) is 108 cm³/mol. The number of hydrogen-bond acceptors (Lipinski definition) is 5. The van der Waals surface area contributed by atoms with Gasteiger partial charge in [0.1, 0.15) is 0 Å². The Labute approximate surface area is 171 Å². The first-order chi connectivity index (χ1) is 14.2. The molecular weight excluding hydrogens is 390 g/mol. The molecule has 1 N–H and O–H groups in total. The Morgan fingerprint density at radius 3 is 2.97 bits per heavy atom. The molecular formula is C21H18ClN5O2. The average molecular weight is 408 g/mol. The number of hydrogen-bond donors (Lipinski definition) is 1. The molecule has 4 aromatic rings. The minimum atomic E-state index is 0.0793. The van der Waals surface area contributed by atoms with Gasteiger partial charge in [0, 0.05) is 77.5 Å². The molecule has 8 heteroatoms. The van der Waals surface area contributed by atoms with Crippen LogP contribution in [0, 0.1) is 0 Å². The molecule has 0 fully saturated rings. The number of amides is 1. The minimum Gasteiger partial charge on any atom is -0.358 e. The number of aromatic nitrogens is 4. The van der Waals surface area contributed by atoms with Crippen LogP contribution in [0.15, 0.2) is 47.2 Å². The molecule has 0 saturated carbocycles. The molecule has 4 heterocycles. The number of nitrogens with zero attached hydrogens (tertiary/aromatic N) is 4. The molecule has 1 aromatic carbocycles. The highest BCUT2D eigenvalue weighted by molar-refractivity contribution is 6.31. The molecule has 0 spiro atoms. The minimum absolute atomic E-state index is 0.0793. The van der Waals surface area contributed by atoms with Gasteiger partial charge in [-0.2, -0.15) is 4.98 Å². The normalized spacial score (nSPS) is 13.6. The van der Waals surface area contributed by atoms with Crippen LogP contribution in [0.1, 0.15) is 23.6 Å². The number of aryl methyl sites for hydroxylation is 1. The van der Waals surface area contributed by atoms with Crippen LogP contribution in [0.3, 0.4) is 0 Å². The quantitative estimate of drug-likeness (QED) is 0.556. The van der Waals surface area contributed by atoms with Crippen LogP contribution in [0.25, 0.3) is 22.3 Å². The number of aromatic amines is 1. The molecule has 0 saturated heterocycles. The maximum Gasteiger partial charge on any atom is 0.227 e. The van der Waals surface area contributed by atoms with Gasteiger partial charge < -0.3 is 14.4 Å². The van der Waals surface area contributed by atoms with Gasteiger partial charge in [-0.05, 0) is 30.3 Å². The average Bonchev–Trinajstić information content (AvgIpc) is 3.37. The Morgan fingerprint density at radius 2 is 2.10 bits per heavy atom. The molecule has 0 aliphatic carbocycles. The Kier molecular flexibility index (Phi) is 4.52. The number of carbonyl (C=O) groups is 1. The van der Waals surface area contributed by atoms with Crippen molar-refractivity contribution in [1.29, 1.82) is 0 Å². The van der Waals surface area contributed by atoms with Crippen LogP contribution >= 0.6 is 11.6 Å². The van der Waals surface area contributed by atoms with E-state index in [0.717, 1.165) is 28.5 Å². The first-order valence-electron chi connectivity index (χ1n) is 9.47. The van der Waals surface area contributed by atoms with Crippen molar-refractivity contribution in [2.75, 3.05) is 6.54 Å². The number of pyridine rings is 1. The summed E-state index contributed by atoms with van der Waals surface area (Å²) in [4.78, 5) is 26.5. The molecule has 0 radical (unpaired) electrons. The van der Waals surface area contributed by atoms with Crippen LogP contribution in [0.2, 0.25) is 5.02 Å². The molecule has 1 amide bonds. The smallest absolute Gasteiger partial charge is 0.227 e. The first kappa shape index (κ1) is 17.9. The van der Waals surface area contributed by atoms with E-state index in [1.807, 2.05) is 35.2 Å². The third kappa shape index (κ3) is 3.49. The fraction of sp³-hybridized carbons (Fsp3) is 0.238.